The number of rotatable bonds is 3. The van der Waals surface area contributed by atoms with Crippen LogP contribution >= 0.6 is 0 Å². The summed E-state index contributed by atoms with van der Waals surface area (Å²) in [5.41, 5.74) is 0.924. The van der Waals surface area contributed by atoms with Crippen LogP contribution < -0.4 is 0 Å². The summed E-state index contributed by atoms with van der Waals surface area (Å²) in [5.74, 6) is 0.974. The molecule has 12 heavy (non-hydrogen) atoms. The van der Waals surface area contributed by atoms with Crippen LogP contribution in [0.25, 0.3) is 0 Å². The molecular formula is C8H13N3O. The van der Waals surface area contributed by atoms with Gasteiger partial charge in [0.1, 0.15) is 0 Å². The molecule has 66 valence electrons. The van der Waals surface area contributed by atoms with Crippen LogP contribution in [0.3, 0.4) is 0 Å². The Balaban J connectivity index is 2.81. The minimum absolute atomic E-state index is 0.0726. The van der Waals surface area contributed by atoms with E-state index < -0.39 is 0 Å². The molecule has 0 saturated heterocycles. The van der Waals surface area contributed by atoms with Crippen molar-refractivity contribution in [3.8, 4) is 0 Å². The van der Waals surface area contributed by atoms with E-state index in [1.54, 1.807) is 6.20 Å². The van der Waals surface area contributed by atoms with Crippen molar-refractivity contribution in [2.24, 2.45) is 0 Å². The Morgan fingerprint density at radius 3 is 2.83 bits per heavy atom. The lowest BCUT2D eigenvalue weighted by Crippen LogP contribution is -2.04. The Kier molecular flexibility index (Phi) is 3.10. The number of nitrogens with zero attached hydrogens (tertiary/aromatic N) is 3. The summed E-state index contributed by atoms with van der Waals surface area (Å²) in [6.07, 6.45) is 2.14. The zero-order valence-electron chi connectivity index (χ0n) is 7.36. The first kappa shape index (κ1) is 9.06. The van der Waals surface area contributed by atoms with Crippen LogP contribution in [0.5, 0.6) is 0 Å². The lowest BCUT2D eigenvalue weighted by Gasteiger charge is -2.03. The second-order valence-electron chi connectivity index (χ2n) is 2.93. The SMILES string of the molecule is CC(C)c1cnnc(CCO)n1. The lowest BCUT2D eigenvalue weighted by atomic mass is 10.1. The predicted octanol–water partition coefficient (Wildman–Crippen LogP) is 0.530. The second-order valence-corrected chi connectivity index (χ2v) is 2.93. The smallest absolute Gasteiger partial charge is 0.153 e. The summed E-state index contributed by atoms with van der Waals surface area (Å²) >= 11 is 0. The predicted molar refractivity (Wildman–Crippen MR) is 44.7 cm³/mol. The maximum Gasteiger partial charge on any atom is 0.153 e. The molecule has 0 saturated carbocycles. The van der Waals surface area contributed by atoms with Gasteiger partial charge in [0, 0.05) is 6.42 Å². The van der Waals surface area contributed by atoms with Gasteiger partial charge in [-0.2, -0.15) is 5.10 Å². The molecule has 0 aromatic carbocycles. The van der Waals surface area contributed by atoms with Crippen molar-refractivity contribution in [2.75, 3.05) is 6.61 Å². The molecule has 0 unspecified atom stereocenters. The number of aromatic nitrogens is 3. The molecule has 0 aliphatic carbocycles. The Morgan fingerprint density at radius 2 is 2.25 bits per heavy atom. The van der Waals surface area contributed by atoms with Crippen LogP contribution in [0.15, 0.2) is 6.20 Å². The topological polar surface area (TPSA) is 58.9 Å². The summed E-state index contributed by atoms with van der Waals surface area (Å²) in [7, 11) is 0. The van der Waals surface area contributed by atoms with E-state index in [4.69, 9.17) is 5.11 Å². The molecule has 0 radical (unpaired) electrons. The molecule has 0 fully saturated rings. The van der Waals surface area contributed by atoms with Gasteiger partial charge in [-0.1, -0.05) is 13.8 Å². The second kappa shape index (κ2) is 4.11. The summed E-state index contributed by atoms with van der Waals surface area (Å²) in [6.45, 7) is 4.17. The first-order chi connectivity index (χ1) is 5.74. The van der Waals surface area contributed by atoms with Crippen molar-refractivity contribution in [3.05, 3.63) is 17.7 Å². The van der Waals surface area contributed by atoms with Gasteiger partial charge in [-0.25, -0.2) is 4.98 Å². The van der Waals surface area contributed by atoms with E-state index in [1.165, 1.54) is 0 Å². The third-order valence-electron chi connectivity index (χ3n) is 1.55. The first-order valence-corrected chi connectivity index (χ1v) is 4.03. The van der Waals surface area contributed by atoms with Crippen molar-refractivity contribution in [3.63, 3.8) is 0 Å². The quantitative estimate of drug-likeness (QED) is 0.713. The van der Waals surface area contributed by atoms with E-state index in [0.29, 0.717) is 18.2 Å². The Labute approximate surface area is 71.7 Å². The molecule has 0 bridgehead atoms. The average molecular weight is 167 g/mol. The van der Waals surface area contributed by atoms with Crippen molar-refractivity contribution in [2.45, 2.75) is 26.2 Å². The number of hydrogen-bond acceptors (Lipinski definition) is 4. The van der Waals surface area contributed by atoms with Crippen LogP contribution in [0.1, 0.15) is 31.3 Å². The highest BCUT2D eigenvalue weighted by molar-refractivity contribution is 5.01. The van der Waals surface area contributed by atoms with Crippen LogP contribution in [0.4, 0.5) is 0 Å². The molecule has 1 aromatic heterocycles. The minimum atomic E-state index is 0.0726. The average Bonchev–Trinajstić information content (AvgIpc) is 2.05. The molecule has 1 rings (SSSR count). The van der Waals surface area contributed by atoms with Crippen LogP contribution in [0, 0.1) is 0 Å². The van der Waals surface area contributed by atoms with E-state index in [-0.39, 0.29) is 6.61 Å². The molecule has 0 aliphatic rings. The zero-order valence-corrected chi connectivity index (χ0v) is 7.36. The lowest BCUT2D eigenvalue weighted by molar-refractivity contribution is 0.296. The highest BCUT2D eigenvalue weighted by atomic mass is 16.3. The van der Waals surface area contributed by atoms with Gasteiger partial charge < -0.3 is 5.11 Å². The zero-order chi connectivity index (χ0) is 8.97. The van der Waals surface area contributed by atoms with E-state index in [2.05, 4.69) is 15.2 Å². The highest BCUT2D eigenvalue weighted by Gasteiger charge is 2.03. The fourth-order valence-corrected chi connectivity index (χ4v) is 0.839. The molecular weight excluding hydrogens is 154 g/mol. The van der Waals surface area contributed by atoms with Gasteiger partial charge >= 0.3 is 0 Å². The molecule has 0 aliphatic heterocycles. The maximum atomic E-state index is 8.64. The van der Waals surface area contributed by atoms with E-state index >= 15 is 0 Å². The van der Waals surface area contributed by atoms with E-state index in [0.717, 1.165) is 5.69 Å². The number of aliphatic hydroxyl groups excluding tert-OH is 1. The van der Waals surface area contributed by atoms with E-state index in [1.807, 2.05) is 13.8 Å². The molecule has 1 heterocycles. The normalized spacial score (nSPS) is 10.7. The fraction of sp³-hybridized carbons (Fsp3) is 0.625. The molecule has 1 N–H and O–H groups in total. The highest BCUT2D eigenvalue weighted by Crippen LogP contribution is 2.08. The van der Waals surface area contributed by atoms with Crippen LogP contribution in [-0.2, 0) is 6.42 Å². The molecule has 4 nitrogen and oxygen atoms in total. The fourth-order valence-electron chi connectivity index (χ4n) is 0.839. The summed E-state index contributed by atoms with van der Waals surface area (Å²) in [6, 6.07) is 0. The third kappa shape index (κ3) is 2.23. The first-order valence-electron chi connectivity index (χ1n) is 4.03. The van der Waals surface area contributed by atoms with Crippen molar-refractivity contribution >= 4 is 0 Å². The monoisotopic (exact) mass is 167 g/mol. The molecule has 0 spiro atoms. The van der Waals surface area contributed by atoms with Gasteiger partial charge in [-0.15, -0.1) is 5.10 Å². The van der Waals surface area contributed by atoms with Gasteiger partial charge in [-0.05, 0) is 5.92 Å². The van der Waals surface area contributed by atoms with Crippen molar-refractivity contribution in [1.82, 2.24) is 15.2 Å². The molecule has 0 amide bonds. The van der Waals surface area contributed by atoms with Gasteiger partial charge in [0.15, 0.2) is 5.82 Å². The van der Waals surface area contributed by atoms with E-state index in [9.17, 15) is 0 Å². The Bertz CT molecular complexity index is 250. The molecule has 0 atom stereocenters. The van der Waals surface area contributed by atoms with Crippen molar-refractivity contribution in [1.29, 1.82) is 0 Å². The Hall–Kier alpha value is -1.03. The van der Waals surface area contributed by atoms with Crippen LogP contribution in [0.2, 0.25) is 0 Å². The molecule has 1 aromatic rings. The Morgan fingerprint density at radius 1 is 1.50 bits per heavy atom. The van der Waals surface area contributed by atoms with Gasteiger partial charge in [0.25, 0.3) is 0 Å². The van der Waals surface area contributed by atoms with Gasteiger partial charge in [0.2, 0.25) is 0 Å². The largest absolute Gasteiger partial charge is 0.396 e. The summed E-state index contributed by atoms with van der Waals surface area (Å²) in [5, 5.41) is 16.2. The number of aliphatic hydroxyl groups is 1. The third-order valence-corrected chi connectivity index (χ3v) is 1.55. The maximum absolute atomic E-state index is 8.64. The van der Waals surface area contributed by atoms with Crippen LogP contribution in [-0.4, -0.2) is 26.9 Å². The standard InChI is InChI=1S/C8H13N3O/c1-6(2)7-5-9-11-8(10-7)3-4-12/h5-6,12H,3-4H2,1-2H3. The number of hydrogen-bond donors (Lipinski definition) is 1. The van der Waals surface area contributed by atoms with Gasteiger partial charge in [-0.3, -0.25) is 0 Å². The minimum Gasteiger partial charge on any atom is -0.396 e. The summed E-state index contributed by atoms with van der Waals surface area (Å²) < 4.78 is 0. The summed E-state index contributed by atoms with van der Waals surface area (Å²) in [4.78, 5) is 4.23. The molecule has 4 heteroatoms. The van der Waals surface area contributed by atoms with Gasteiger partial charge in [0.05, 0.1) is 18.5 Å². The van der Waals surface area contributed by atoms with Crippen molar-refractivity contribution < 1.29 is 5.11 Å².